The van der Waals surface area contributed by atoms with E-state index in [-0.39, 0.29) is 17.5 Å². The third-order valence-electron chi connectivity index (χ3n) is 20.5. The van der Waals surface area contributed by atoms with Crippen LogP contribution in [0.3, 0.4) is 0 Å². The quantitative estimate of drug-likeness (QED) is 0.0945. The van der Waals surface area contributed by atoms with Crippen LogP contribution in [0.4, 0.5) is 34.1 Å². The molecular weight excluding hydrogens is 1170 g/mol. The molecule has 0 fully saturated rings. The van der Waals surface area contributed by atoms with E-state index >= 15 is 0 Å². The first-order chi connectivity index (χ1) is 45.7. The summed E-state index contributed by atoms with van der Waals surface area (Å²) in [6, 6.07) is 122. The standard InChI is InChI=1S/C88H76BN3Si2/c1-61-45-50-65(51-46-61)92-83-60-67(91-79-53-48-63(87(3,4)5)56-75(79)76-57-64(88(6,7)8)49-54-80(76)91)59-82-85(83)89(77-43-28-44-84(86(77)92)94(71-36-21-12-22-37-71,72-38-23-13-24-39-72)73-40-25-14-26-41-73)78-55-62(2)47-52-81(78)90(82)66-29-27-42-74(58-66)93(68-30-15-9-16-31-68,69-32-17-10-18-33-69)70-34-19-11-20-35-70/h9-60H,1-8H3. The average Bonchev–Trinajstić information content (AvgIpc) is 0.771. The molecular formula is C88H76BN3Si2. The van der Waals surface area contributed by atoms with Crippen LogP contribution in [0.15, 0.2) is 315 Å². The summed E-state index contributed by atoms with van der Waals surface area (Å²) in [7, 11) is -6.25. The molecule has 13 aromatic carbocycles. The maximum atomic E-state index is 2.70. The van der Waals surface area contributed by atoms with E-state index < -0.39 is 16.1 Å². The van der Waals surface area contributed by atoms with E-state index in [1.54, 1.807) is 0 Å². The largest absolute Gasteiger partial charge is 0.311 e. The Kier molecular flexibility index (Phi) is 14.3. The van der Waals surface area contributed by atoms with Gasteiger partial charge in [-0.2, -0.15) is 0 Å². The number of para-hydroxylation sites is 1. The summed E-state index contributed by atoms with van der Waals surface area (Å²) in [6.45, 7) is 18.4. The van der Waals surface area contributed by atoms with Crippen molar-refractivity contribution in [1.82, 2.24) is 4.57 Å². The number of fused-ring (bicyclic) bond motifs is 7. The molecule has 3 heterocycles. The van der Waals surface area contributed by atoms with Crippen LogP contribution in [0.2, 0.25) is 0 Å². The van der Waals surface area contributed by atoms with Crippen LogP contribution in [0.25, 0.3) is 27.5 Å². The van der Waals surface area contributed by atoms with Gasteiger partial charge in [0.25, 0.3) is 6.71 Å². The highest BCUT2D eigenvalue weighted by atomic mass is 28.3. The predicted octanol–water partition coefficient (Wildman–Crippen LogP) is 14.8. The summed E-state index contributed by atoms with van der Waals surface area (Å²) in [5.41, 5.74) is 19.3. The molecule has 14 aromatic rings. The Hall–Kier alpha value is -10.2. The minimum atomic E-state index is -3.24. The fourth-order valence-electron chi connectivity index (χ4n) is 16.0. The summed E-state index contributed by atoms with van der Waals surface area (Å²) < 4.78 is 2.60. The van der Waals surface area contributed by atoms with Crippen molar-refractivity contribution >= 4 is 137 Å². The lowest BCUT2D eigenvalue weighted by Crippen LogP contribution is -2.76. The van der Waals surface area contributed by atoms with Gasteiger partial charge in [-0.15, -0.1) is 0 Å². The molecule has 0 spiro atoms. The Bertz CT molecular complexity index is 4910. The van der Waals surface area contributed by atoms with Crippen LogP contribution in [-0.4, -0.2) is 27.4 Å². The Balaban J connectivity index is 1.07. The smallest absolute Gasteiger partial charge is 0.252 e. The van der Waals surface area contributed by atoms with E-state index in [0.717, 1.165) is 22.7 Å². The van der Waals surface area contributed by atoms with E-state index in [9.17, 15) is 0 Å². The lowest BCUT2D eigenvalue weighted by Gasteiger charge is -2.47. The van der Waals surface area contributed by atoms with Gasteiger partial charge in [-0.3, -0.25) is 0 Å². The molecule has 1 aromatic heterocycles. The lowest BCUT2D eigenvalue weighted by atomic mass is 9.33. The Labute approximate surface area is 557 Å². The van der Waals surface area contributed by atoms with E-state index in [0.29, 0.717) is 0 Å². The number of nitrogens with zero attached hydrogens (tertiary/aromatic N) is 3. The molecule has 16 rings (SSSR count). The van der Waals surface area contributed by atoms with E-state index in [4.69, 9.17) is 0 Å². The minimum absolute atomic E-state index is 0.0601. The number of hydrogen-bond acceptors (Lipinski definition) is 2. The van der Waals surface area contributed by atoms with Gasteiger partial charge in [-0.1, -0.05) is 301 Å². The third kappa shape index (κ3) is 9.35. The van der Waals surface area contributed by atoms with Crippen LogP contribution in [-0.2, 0) is 10.8 Å². The highest BCUT2D eigenvalue weighted by molar-refractivity contribution is 7.21. The van der Waals surface area contributed by atoms with Crippen LogP contribution >= 0.6 is 0 Å². The average molecular weight is 1240 g/mol. The van der Waals surface area contributed by atoms with Crippen LogP contribution < -0.4 is 67.7 Å². The second-order valence-corrected chi connectivity index (χ2v) is 35.8. The molecule has 2 aliphatic heterocycles. The zero-order valence-corrected chi connectivity index (χ0v) is 56.9. The van der Waals surface area contributed by atoms with Crippen molar-refractivity contribution in [2.45, 2.75) is 66.2 Å². The molecule has 0 saturated heterocycles. The van der Waals surface area contributed by atoms with Gasteiger partial charge in [0.05, 0.1) is 16.7 Å². The highest BCUT2D eigenvalue weighted by Crippen LogP contribution is 2.47. The molecule has 0 bridgehead atoms. The highest BCUT2D eigenvalue weighted by Gasteiger charge is 2.50. The summed E-state index contributed by atoms with van der Waals surface area (Å²) in [5, 5.41) is 13.2. The Morgan fingerprint density at radius 3 is 1.19 bits per heavy atom. The van der Waals surface area contributed by atoms with E-state index in [2.05, 4.69) is 385 Å². The molecule has 94 heavy (non-hydrogen) atoms. The molecule has 3 nitrogen and oxygen atoms in total. The van der Waals surface area contributed by atoms with E-state index in [1.807, 2.05) is 0 Å². The normalized spacial score (nSPS) is 13.0. The summed E-state index contributed by atoms with van der Waals surface area (Å²) >= 11 is 0. The SMILES string of the molecule is Cc1ccc(N2c3cc(-n4c5ccc(C(C)(C)C)cc5c5cc(C(C)(C)C)ccc54)cc4c3B(c3cc(C)ccc3N4c3cccc([Si](c4ccccc4)(c4ccccc4)c4ccccc4)c3)c3cccc([Si](c4ccccc4)(c4ccccc4)c4ccccc4)c32)cc1. The van der Waals surface area contributed by atoms with Gasteiger partial charge in [-0.25, -0.2) is 0 Å². The Morgan fingerprint density at radius 1 is 0.298 bits per heavy atom. The second kappa shape index (κ2) is 22.8. The Morgan fingerprint density at radius 2 is 0.723 bits per heavy atom. The fraction of sp³-hybridized carbons (Fsp3) is 0.114. The van der Waals surface area contributed by atoms with Gasteiger partial charge in [0.15, 0.2) is 16.1 Å². The number of rotatable bonds is 11. The lowest BCUT2D eigenvalue weighted by molar-refractivity contribution is 0.590. The van der Waals surface area contributed by atoms with Gasteiger partial charge in [-0.05, 0) is 160 Å². The van der Waals surface area contributed by atoms with Crippen molar-refractivity contribution in [1.29, 1.82) is 0 Å². The van der Waals surface area contributed by atoms with Crippen LogP contribution in [0, 0.1) is 13.8 Å². The second-order valence-electron chi connectivity index (χ2n) is 28.2. The monoisotopic (exact) mass is 1240 g/mol. The first-order valence-electron chi connectivity index (χ1n) is 33.3. The van der Waals surface area contributed by atoms with Crippen molar-refractivity contribution in [2.75, 3.05) is 9.80 Å². The molecule has 0 amide bonds. The van der Waals surface area contributed by atoms with Gasteiger partial charge in [0.1, 0.15) is 0 Å². The van der Waals surface area contributed by atoms with Crippen molar-refractivity contribution in [2.24, 2.45) is 0 Å². The zero-order valence-electron chi connectivity index (χ0n) is 54.9. The molecule has 2 aliphatic rings. The van der Waals surface area contributed by atoms with Crippen LogP contribution in [0.5, 0.6) is 0 Å². The molecule has 0 aliphatic carbocycles. The number of benzene rings is 13. The van der Waals surface area contributed by atoms with Gasteiger partial charge < -0.3 is 14.4 Å². The zero-order chi connectivity index (χ0) is 64.1. The van der Waals surface area contributed by atoms with Crippen molar-refractivity contribution < 1.29 is 0 Å². The molecule has 6 heteroatoms. The number of hydrogen-bond donors (Lipinski definition) is 0. The molecule has 0 atom stereocenters. The minimum Gasteiger partial charge on any atom is -0.311 e. The predicted molar refractivity (Wildman–Crippen MR) is 409 cm³/mol. The molecule has 0 N–H and O–H groups in total. The first kappa shape index (κ1) is 58.8. The fourth-order valence-corrected chi connectivity index (χ4v) is 25.8. The van der Waals surface area contributed by atoms with Crippen molar-refractivity contribution in [3.63, 3.8) is 0 Å². The number of aromatic nitrogens is 1. The number of aryl methyl sites for hydroxylation is 2. The van der Waals surface area contributed by atoms with Gasteiger partial charge >= 0.3 is 0 Å². The first-order valence-corrected chi connectivity index (χ1v) is 37.3. The van der Waals surface area contributed by atoms with Gasteiger partial charge in [0.2, 0.25) is 0 Å². The number of anilines is 6. The molecule has 0 saturated carbocycles. The molecule has 0 unspecified atom stereocenters. The van der Waals surface area contributed by atoms with Crippen molar-refractivity contribution in [3.8, 4) is 5.69 Å². The maximum absolute atomic E-state index is 3.24. The van der Waals surface area contributed by atoms with Crippen LogP contribution in [0.1, 0.15) is 63.8 Å². The van der Waals surface area contributed by atoms with Gasteiger partial charge in [0, 0.05) is 44.9 Å². The molecule has 0 radical (unpaired) electrons. The summed E-state index contributed by atoms with van der Waals surface area (Å²) in [6.07, 6.45) is 0. The topological polar surface area (TPSA) is 11.4 Å². The third-order valence-corrected chi connectivity index (χ3v) is 30.0. The summed E-state index contributed by atoms with van der Waals surface area (Å²) in [4.78, 5) is 5.36. The summed E-state index contributed by atoms with van der Waals surface area (Å²) in [5.74, 6) is 0. The van der Waals surface area contributed by atoms with Crippen molar-refractivity contribution in [3.05, 3.63) is 338 Å². The maximum Gasteiger partial charge on any atom is 0.252 e. The van der Waals surface area contributed by atoms with E-state index in [1.165, 1.54) is 119 Å². The molecule has 454 valence electrons.